The Hall–Kier alpha value is -1.70. The molecule has 4 nitrogen and oxygen atoms in total. The molecule has 0 aliphatic carbocycles. The lowest BCUT2D eigenvalue weighted by atomic mass is 10.2. The molecule has 0 aliphatic heterocycles. The minimum Gasteiger partial charge on any atom is -0.371 e. The number of nitrogens with zero attached hydrogens (tertiary/aromatic N) is 1. The van der Waals surface area contributed by atoms with Gasteiger partial charge in [0.25, 0.3) is 5.91 Å². The highest BCUT2D eigenvalue weighted by molar-refractivity contribution is 14.1. The topological polar surface area (TPSA) is 54.0 Å². The van der Waals surface area contributed by atoms with Gasteiger partial charge in [0.1, 0.15) is 0 Å². The summed E-state index contributed by atoms with van der Waals surface area (Å²) in [4.78, 5) is 15.8. The van der Waals surface area contributed by atoms with Crippen molar-refractivity contribution in [3.8, 4) is 0 Å². The molecule has 0 unspecified atom stereocenters. The summed E-state index contributed by atoms with van der Waals surface area (Å²) in [6.07, 6.45) is 1.39. The Balaban J connectivity index is 2.25. The zero-order chi connectivity index (χ0) is 13.8. The normalized spacial score (nSPS) is 10.1. The average molecular weight is 371 g/mol. The summed E-state index contributed by atoms with van der Waals surface area (Å²) in [5, 5.41) is 5.25. The third kappa shape index (κ3) is 3.19. The van der Waals surface area contributed by atoms with Gasteiger partial charge in [-0.3, -0.25) is 4.79 Å². The van der Waals surface area contributed by atoms with Gasteiger partial charge in [0, 0.05) is 22.5 Å². The number of carbonyl (C=O) groups excluding carboxylic acids is 1. The van der Waals surface area contributed by atoms with Crippen molar-refractivity contribution < 1.29 is 9.18 Å². The second-order valence-electron chi connectivity index (χ2n) is 3.74. The molecule has 98 valence electrons. The molecule has 2 rings (SSSR count). The van der Waals surface area contributed by atoms with Crippen LogP contribution in [-0.4, -0.2) is 17.9 Å². The van der Waals surface area contributed by atoms with Crippen molar-refractivity contribution in [3.63, 3.8) is 0 Å². The maximum atomic E-state index is 13.9. The van der Waals surface area contributed by atoms with Gasteiger partial charge in [0.15, 0.2) is 11.6 Å². The Bertz CT molecular complexity index is 619. The Morgan fingerprint density at radius 1 is 1.37 bits per heavy atom. The number of amides is 1. The quantitative estimate of drug-likeness (QED) is 0.816. The van der Waals surface area contributed by atoms with Crippen LogP contribution in [-0.2, 0) is 0 Å². The molecule has 1 aromatic heterocycles. The van der Waals surface area contributed by atoms with E-state index in [9.17, 15) is 9.18 Å². The Morgan fingerprint density at radius 3 is 2.84 bits per heavy atom. The van der Waals surface area contributed by atoms with Crippen molar-refractivity contribution >= 4 is 40.0 Å². The van der Waals surface area contributed by atoms with Gasteiger partial charge in [-0.25, -0.2) is 9.37 Å². The van der Waals surface area contributed by atoms with E-state index >= 15 is 0 Å². The monoisotopic (exact) mass is 371 g/mol. The average Bonchev–Trinajstić information content (AvgIpc) is 2.39. The zero-order valence-electron chi connectivity index (χ0n) is 10.1. The first kappa shape index (κ1) is 13.7. The summed E-state index contributed by atoms with van der Waals surface area (Å²) in [5.74, 6) is -1.11. The fourth-order valence-electron chi connectivity index (χ4n) is 1.56. The molecule has 0 fully saturated rings. The van der Waals surface area contributed by atoms with E-state index in [2.05, 4.69) is 38.2 Å². The second-order valence-corrected chi connectivity index (χ2v) is 4.98. The van der Waals surface area contributed by atoms with Crippen LogP contribution in [0, 0.1) is 9.39 Å². The number of aromatic nitrogens is 1. The van der Waals surface area contributed by atoms with Crippen LogP contribution in [0.25, 0.3) is 0 Å². The molecule has 0 aliphatic rings. The van der Waals surface area contributed by atoms with Crippen molar-refractivity contribution in [1.29, 1.82) is 0 Å². The molecule has 2 aromatic rings. The first-order valence-corrected chi connectivity index (χ1v) is 6.59. The summed E-state index contributed by atoms with van der Waals surface area (Å²) in [7, 11) is 1.55. The van der Waals surface area contributed by atoms with E-state index in [1.165, 1.54) is 12.3 Å². The largest absolute Gasteiger partial charge is 0.371 e. The molecule has 1 heterocycles. The number of pyridine rings is 1. The lowest BCUT2D eigenvalue weighted by molar-refractivity contribution is 0.102. The molecule has 0 bridgehead atoms. The molecule has 6 heteroatoms. The molecule has 2 N–H and O–H groups in total. The van der Waals surface area contributed by atoms with Gasteiger partial charge < -0.3 is 10.6 Å². The molecular weight excluding hydrogens is 360 g/mol. The minimum absolute atomic E-state index is 0.0433. The number of carbonyl (C=O) groups is 1. The van der Waals surface area contributed by atoms with Crippen LogP contribution >= 0.6 is 22.6 Å². The van der Waals surface area contributed by atoms with Gasteiger partial charge >= 0.3 is 0 Å². The van der Waals surface area contributed by atoms with Gasteiger partial charge in [0.2, 0.25) is 0 Å². The molecular formula is C13H11FIN3O. The molecule has 0 saturated heterocycles. The molecule has 0 spiro atoms. The van der Waals surface area contributed by atoms with E-state index in [0.717, 1.165) is 3.57 Å². The van der Waals surface area contributed by atoms with Crippen LogP contribution in [0.4, 0.5) is 15.9 Å². The SMILES string of the molecule is CNc1nccc(C(=O)Nc2cccc(I)c2)c1F. The Kier molecular flexibility index (Phi) is 4.31. The van der Waals surface area contributed by atoms with Gasteiger partial charge in [-0.05, 0) is 46.9 Å². The van der Waals surface area contributed by atoms with E-state index in [1.54, 1.807) is 19.2 Å². The van der Waals surface area contributed by atoms with Gasteiger partial charge in [-0.2, -0.15) is 0 Å². The fourth-order valence-corrected chi connectivity index (χ4v) is 2.10. The Morgan fingerprint density at radius 2 is 2.16 bits per heavy atom. The highest BCUT2D eigenvalue weighted by atomic mass is 127. The van der Waals surface area contributed by atoms with Crippen LogP contribution in [0.5, 0.6) is 0 Å². The summed E-state index contributed by atoms with van der Waals surface area (Å²) in [5.41, 5.74) is 0.581. The third-order valence-electron chi connectivity index (χ3n) is 2.45. The van der Waals surface area contributed by atoms with Crippen molar-refractivity contribution in [2.75, 3.05) is 17.7 Å². The lowest BCUT2D eigenvalue weighted by Gasteiger charge is -2.08. The van der Waals surface area contributed by atoms with Crippen LogP contribution in [0.15, 0.2) is 36.5 Å². The van der Waals surface area contributed by atoms with Gasteiger partial charge in [-0.15, -0.1) is 0 Å². The molecule has 1 aromatic carbocycles. The summed E-state index contributed by atoms with van der Waals surface area (Å²) in [6.45, 7) is 0. The van der Waals surface area contributed by atoms with E-state index in [-0.39, 0.29) is 11.4 Å². The summed E-state index contributed by atoms with van der Waals surface area (Å²) < 4.78 is 14.9. The number of benzene rings is 1. The predicted octanol–water partition coefficient (Wildman–Crippen LogP) is 3.12. The molecule has 0 radical (unpaired) electrons. The van der Waals surface area contributed by atoms with Crippen LogP contribution in [0.1, 0.15) is 10.4 Å². The van der Waals surface area contributed by atoms with Gasteiger partial charge in [-0.1, -0.05) is 6.07 Å². The van der Waals surface area contributed by atoms with Crippen molar-refractivity contribution in [2.24, 2.45) is 0 Å². The van der Waals surface area contributed by atoms with Gasteiger partial charge in [0.05, 0.1) is 5.56 Å². The van der Waals surface area contributed by atoms with Crippen LogP contribution in [0.2, 0.25) is 0 Å². The van der Waals surface area contributed by atoms with E-state index < -0.39 is 11.7 Å². The second kappa shape index (κ2) is 5.96. The maximum absolute atomic E-state index is 13.9. The predicted molar refractivity (Wildman–Crippen MR) is 80.9 cm³/mol. The molecule has 0 saturated carbocycles. The number of anilines is 2. The molecule has 19 heavy (non-hydrogen) atoms. The van der Waals surface area contributed by atoms with E-state index in [4.69, 9.17) is 0 Å². The highest BCUT2D eigenvalue weighted by Crippen LogP contribution is 2.17. The number of halogens is 2. The third-order valence-corrected chi connectivity index (χ3v) is 3.12. The molecule has 0 atom stereocenters. The smallest absolute Gasteiger partial charge is 0.258 e. The molecule has 1 amide bonds. The highest BCUT2D eigenvalue weighted by Gasteiger charge is 2.15. The maximum Gasteiger partial charge on any atom is 0.258 e. The van der Waals surface area contributed by atoms with Crippen molar-refractivity contribution in [3.05, 3.63) is 51.5 Å². The summed E-state index contributed by atoms with van der Waals surface area (Å²) in [6, 6.07) is 8.62. The Labute approximate surface area is 123 Å². The number of hydrogen-bond acceptors (Lipinski definition) is 3. The van der Waals surface area contributed by atoms with Crippen LogP contribution in [0.3, 0.4) is 0 Å². The zero-order valence-corrected chi connectivity index (χ0v) is 12.2. The van der Waals surface area contributed by atoms with E-state index in [1.807, 2.05) is 12.1 Å². The van der Waals surface area contributed by atoms with Crippen molar-refractivity contribution in [2.45, 2.75) is 0 Å². The fraction of sp³-hybridized carbons (Fsp3) is 0.0769. The number of rotatable bonds is 3. The minimum atomic E-state index is -0.659. The number of hydrogen-bond donors (Lipinski definition) is 2. The first-order valence-electron chi connectivity index (χ1n) is 5.51. The van der Waals surface area contributed by atoms with E-state index in [0.29, 0.717) is 5.69 Å². The standard InChI is InChI=1S/C13H11FIN3O/c1-16-12-11(14)10(5-6-17-12)13(19)18-9-4-2-3-8(15)7-9/h2-7H,1H3,(H,16,17)(H,18,19). The first-order chi connectivity index (χ1) is 9.11. The van der Waals surface area contributed by atoms with Crippen molar-refractivity contribution in [1.82, 2.24) is 4.98 Å². The van der Waals surface area contributed by atoms with Crippen LogP contribution < -0.4 is 10.6 Å². The lowest BCUT2D eigenvalue weighted by Crippen LogP contribution is -2.15. The summed E-state index contributed by atoms with van der Waals surface area (Å²) >= 11 is 2.14. The number of nitrogens with one attached hydrogen (secondary N) is 2.